The van der Waals surface area contributed by atoms with Crippen LogP contribution < -0.4 is 5.32 Å². The highest BCUT2D eigenvalue weighted by Gasteiger charge is 2.30. The van der Waals surface area contributed by atoms with Gasteiger partial charge in [-0.1, -0.05) is 0 Å². The van der Waals surface area contributed by atoms with Gasteiger partial charge in [-0.15, -0.1) is 0 Å². The summed E-state index contributed by atoms with van der Waals surface area (Å²) in [6, 6.07) is 1.95. The summed E-state index contributed by atoms with van der Waals surface area (Å²) in [5.41, 5.74) is 1.03. The van der Waals surface area contributed by atoms with Gasteiger partial charge in [0.05, 0.1) is 18.8 Å². The average molecular weight is 322 g/mol. The fourth-order valence-electron chi connectivity index (χ4n) is 2.27. The van der Waals surface area contributed by atoms with Crippen LogP contribution in [0.15, 0.2) is 16.8 Å². The highest BCUT2D eigenvalue weighted by molar-refractivity contribution is 7.07. The quantitative estimate of drug-likeness (QED) is 0.924. The topological polar surface area (TPSA) is 41.6 Å². The number of rotatable bonds is 4. The fraction of sp³-hybridized carbons (Fsp3) is 0.615. The number of thiophene rings is 1. The van der Waals surface area contributed by atoms with Gasteiger partial charge >= 0.3 is 6.18 Å². The number of nitrogens with zero attached hydrogens (tertiary/aromatic N) is 1. The lowest BCUT2D eigenvalue weighted by Gasteiger charge is -2.36. The molecule has 1 saturated heterocycles. The summed E-state index contributed by atoms with van der Waals surface area (Å²) in [4.78, 5) is 13.4. The number of ether oxygens (including phenoxy) is 1. The zero-order valence-electron chi connectivity index (χ0n) is 11.5. The molecule has 1 fully saturated rings. The van der Waals surface area contributed by atoms with Crippen LogP contribution in [-0.2, 0) is 9.53 Å². The van der Waals surface area contributed by atoms with E-state index in [0.29, 0.717) is 13.1 Å². The summed E-state index contributed by atoms with van der Waals surface area (Å²) < 4.78 is 42.0. The number of morpholine rings is 1. The number of halogens is 3. The lowest BCUT2D eigenvalue weighted by molar-refractivity contribution is -0.141. The van der Waals surface area contributed by atoms with Crippen molar-refractivity contribution in [1.29, 1.82) is 0 Å². The van der Waals surface area contributed by atoms with E-state index in [4.69, 9.17) is 4.74 Å². The Bertz CT molecular complexity index is 464. The van der Waals surface area contributed by atoms with Gasteiger partial charge in [-0.25, -0.2) is 0 Å². The van der Waals surface area contributed by atoms with Crippen molar-refractivity contribution in [2.24, 2.45) is 0 Å². The first kappa shape index (κ1) is 16.3. The third kappa shape index (κ3) is 5.29. The van der Waals surface area contributed by atoms with Crippen molar-refractivity contribution in [2.75, 3.05) is 26.2 Å². The molecule has 21 heavy (non-hydrogen) atoms. The Labute approximate surface area is 124 Å². The monoisotopic (exact) mass is 322 g/mol. The predicted octanol–water partition coefficient (Wildman–Crippen LogP) is 2.19. The Hall–Kier alpha value is -1.12. The highest BCUT2D eigenvalue weighted by Crippen LogP contribution is 2.26. The van der Waals surface area contributed by atoms with Crippen molar-refractivity contribution in [3.05, 3.63) is 22.4 Å². The van der Waals surface area contributed by atoms with E-state index in [1.807, 2.05) is 34.0 Å². The molecule has 2 atom stereocenters. The van der Waals surface area contributed by atoms with Crippen molar-refractivity contribution in [3.63, 3.8) is 0 Å². The van der Waals surface area contributed by atoms with Gasteiger partial charge in [0.2, 0.25) is 5.91 Å². The summed E-state index contributed by atoms with van der Waals surface area (Å²) in [6.07, 6.45) is -4.60. The SMILES string of the molecule is C[C@H]1CN(CC(=O)NCC(F)(F)F)C[C@@H](c2ccsc2)O1. The minimum atomic E-state index is -4.38. The fourth-order valence-corrected chi connectivity index (χ4v) is 2.97. The molecular formula is C13H17F3N2O2S. The first-order valence-corrected chi connectivity index (χ1v) is 7.51. The molecule has 118 valence electrons. The maximum Gasteiger partial charge on any atom is 0.405 e. The van der Waals surface area contributed by atoms with E-state index in [1.54, 1.807) is 11.3 Å². The molecule has 0 radical (unpaired) electrons. The number of carbonyl (C=O) groups is 1. The second-order valence-corrected chi connectivity index (χ2v) is 5.86. The van der Waals surface area contributed by atoms with Crippen LogP contribution in [0.2, 0.25) is 0 Å². The Morgan fingerprint density at radius 1 is 1.52 bits per heavy atom. The van der Waals surface area contributed by atoms with Gasteiger partial charge in [0, 0.05) is 13.1 Å². The largest absolute Gasteiger partial charge is 0.405 e. The molecule has 1 aliphatic heterocycles. The number of hydrogen-bond acceptors (Lipinski definition) is 4. The third-order valence-corrected chi connectivity index (χ3v) is 3.81. The van der Waals surface area contributed by atoms with E-state index in [-0.39, 0.29) is 18.8 Å². The number of nitrogens with one attached hydrogen (secondary N) is 1. The third-order valence-electron chi connectivity index (χ3n) is 3.10. The lowest BCUT2D eigenvalue weighted by atomic mass is 10.1. The zero-order chi connectivity index (χ0) is 15.5. The minimum Gasteiger partial charge on any atom is -0.368 e. The van der Waals surface area contributed by atoms with E-state index in [0.717, 1.165) is 5.56 Å². The predicted molar refractivity (Wildman–Crippen MR) is 73.1 cm³/mol. The van der Waals surface area contributed by atoms with Gasteiger partial charge in [-0.3, -0.25) is 9.69 Å². The molecule has 0 aromatic carbocycles. The molecule has 8 heteroatoms. The molecule has 4 nitrogen and oxygen atoms in total. The molecule has 1 amide bonds. The van der Waals surface area contributed by atoms with Crippen molar-refractivity contribution in [3.8, 4) is 0 Å². The van der Waals surface area contributed by atoms with E-state index >= 15 is 0 Å². The van der Waals surface area contributed by atoms with Crippen LogP contribution in [0, 0.1) is 0 Å². The molecule has 2 rings (SSSR count). The van der Waals surface area contributed by atoms with Crippen LogP contribution in [0.1, 0.15) is 18.6 Å². The van der Waals surface area contributed by atoms with Crippen LogP contribution in [0.4, 0.5) is 13.2 Å². The number of carbonyl (C=O) groups excluding carboxylic acids is 1. The molecule has 0 bridgehead atoms. The second kappa shape index (κ2) is 6.76. The van der Waals surface area contributed by atoms with Crippen molar-refractivity contribution in [1.82, 2.24) is 10.2 Å². The van der Waals surface area contributed by atoms with E-state index in [9.17, 15) is 18.0 Å². The van der Waals surface area contributed by atoms with Gasteiger partial charge in [0.25, 0.3) is 0 Å². The summed E-state index contributed by atoms with van der Waals surface area (Å²) in [7, 11) is 0. The van der Waals surface area contributed by atoms with Crippen LogP contribution in [0.5, 0.6) is 0 Å². The van der Waals surface area contributed by atoms with Crippen molar-refractivity contribution >= 4 is 17.2 Å². The van der Waals surface area contributed by atoms with Crippen LogP contribution in [-0.4, -0.2) is 49.3 Å². The van der Waals surface area contributed by atoms with Crippen molar-refractivity contribution < 1.29 is 22.7 Å². The molecule has 1 aromatic rings. The van der Waals surface area contributed by atoms with Gasteiger partial charge in [0.1, 0.15) is 6.54 Å². The Morgan fingerprint density at radius 2 is 2.29 bits per heavy atom. The number of alkyl halides is 3. The first-order chi connectivity index (χ1) is 9.83. The molecule has 1 N–H and O–H groups in total. The number of amides is 1. The van der Waals surface area contributed by atoms with Gasteiger partial charge < -0.3 is 10.1 Å². The van der Waals surface area contributed by atoms with Crippen LogP contribution in [0.25, 0.3) is 0 Å². The Kier molecular flexibility index (Phi) is 5.23. The van der Waals surface area contributed by atoms with Crippen LogP contribution >= 0.6 is 11.3 Å². The molecule has 0 aliphatic carbocycles. The smallest absolute Gasteiger partial charge is 0.368 e. The summed E-state index contributed by atoms with van der Waals surface area (Å²) in [5.74, 6) is -0.620. The van der Waals surface area contributed by atoms with Crippen molar-refractivity contribution in [2.45, 2.75) is 25.3 Å². The lowest BCUT2D eigenvalue weighted by Crippen LogP contribution is -2.48. The summed E-state index contributed by atoms with van der Waals surface area (Å²) in [5, 5.41) is 5.81. The number of hydrogen-bond donors (Lipinski definition) is 1. The Balaban J connectivity index is 1.86. The zero-order valence-corrected chi connectivity index (χ0v) is 12.3. The molecule has 0 saturated carbocycles. The Morgan fingerprint density at radius 3 is 2.90 bits per heavy atom. The average Bonchev–Trinajstić information content (AvgIpc) is 2.88. The van der Waals surface area contributed by atoms with Gasteiger partial charge in [-0.2, -0.15) is 24.5 Å². The molecular weight excluding hydrogens is 305 g/mol. The molecule has 1 aromatic heterocycles. The van der Waals surface area contributed by atoms with Crippen LogP contribution in [0.3, 0.4) is 0 Å². The molecule has 1 aliphatic rings. The normalized spacial score (nSPS) is 24.0. The second-order valence-electron chi connectivity index (χ2n) is 5.08. The molecule has 2 heterocycles. The summed E-state index contributed by atoms with van der Waals surface area (Å²) >= 11 is 1.56. The standard InChI is InChI=1S/C13H17F3N2O2S/c1-9-4-18(6-12(19)17-8-13(14,15)16)5-11(20-9)10-2-3-21-7-10/h2-3,7,9,11H,4-6,8H2,1H3,(H,17,19)/t9-,11-/m0/s1. The van der Waals surface area contributed by atoms with Gasteiger partial charge in [-0.05, 0) is 29.3 Å². The maximum atomic E-state index is 12.1. The molecule has 0 unspecified atom stereocenters. The minimum absolute atomic E-state index is 0.0512. The summed E-state index contributed by atoms with van der Waals surface area (Å²) in [6.45, 7) is 1.57. The van der Waals surface area contributed by atoms with E-state index in [1.165, 1.54) is 0 Å². The first-order valence-electron chi connectivity index (χ1n) is 6.57. The molecule has 0 spiro atoms. The van der Waals surface area contributed by atoms with E-state index in [2.05, 4.69) is 0 Å². The maximum absolute atomic E-state index is 12.1. The van der Waals surface area contributed by atoms with E-state index < -0.39 is 18.6 Å². The highest BCUT2D eigenvalue weighted by atomic mass is 32.1. The van der Waals surface area contributed by atoms with Gasteiger partial charge in [0.15, 0.2) is 0 Å².